The van der Waals surface area contributed by atoms with Crippen LogP contribution >= 0.6 is 0 Å². The van der Waals surface area contributed by atoms with Crippen molar-refractivity contribution in [2.75, 3.05) is 6.61 Å². The first kappa shape index (κ1) is 13.6. The molecule has 0 aliphatic heterocycles. The molecule has 2 N–H and O–H groups in total. The molecule has 0 aromatic heterocycles. The predicted octanol–water partition coefficient (Wildman–Crippen LogP) is 3.09. The van der Waals surface area contributed by atoms with Crippen molar-refractivity contribution in [2.24, 2.45) is 0 Å². The fourth-order valence-electron chi connectivity index (χ4n) is 2.47. The summed E-state index contributed by atoms with van der Waals surface area (Å²) >= 11 is 0. The van der Waals surface area contributed by atoms with Crippen LogP contribution in [0.3, 0.4) is 0 Å². The Balaban J connectivity index is 2.20. The van der Waals surface area contributed by atoms with Crippen molar-refractivity contribution in [3.8, 4) is 11.8 Å². The second-order valence-electron chi connectivity index (χ2n) is 5.04. The molecule has 0 fully saturated rings. The van der Waals surface area contributed by atoms with Crippen molar-refractivity contribution < 1.29 is 10.2 Å². The minimum atomic E-state index is -0.779. The lowest BCUT2D eigenvalue weighted by Crippen LogP contribution is -2.09. The second-order valence-corrected chi connectivity index (χ2v) is 5.04. The minimum absolute atomic E-state index is 0.259. The van der Waals surface area contributed by atoms with Gasteiger partial charge in [0.05, 0.1) is 12.7 Å². The summed E-state index contributed by atoms with van der Waals surface area (Å²) in [6.45, 7) is -0.259. The van der Waals surface area contributed by atoms with Crippen molar-refractivity contribution in [1.82, 2.24) is 0 Å². The highest BCUT2D eigenvalue weighted by atomic mass is 16.3. The monoisotopic (exact) mass is 276 g/mol. The molecule has 0 aliphatic rings. The number of aliphatic hydroxyl groups is 2. The highest BCUT2D eigenvalue weighted by Gasteiger charge is 2.05. The van der Waals surface area contributed by atoms with E-state index < -0.39 is 6.10 Å². The van der Waals surface area contributed by atoms with E-state index in [1.807, 2.05) is 24.3 Å². The summed E-state index contributed by atoms with van der Waals surface area (Å²) in [5.74, 6) is 6.15. The first-order chi connectivity index (χ1) is 10.3. The van der Waals surface area contributed by atoms with Crippen LogP contribution in [0.5, 0.6) is 0 Å². The smallest absolute Gasteiger partial charge is 0.0879 e. The van der Waals surface area contributed by atoms with E-state index in [9.17, 15) is 5.11 Å². The van der Waals surface area contributed by atoms with Crippen molar-refractivity contribution in [1.29, 1.82) is 0 Å². The van der Waals surface area contributed by atoms with Crippen LogP contribution in [-0.2, 0) is 0 Å². The predicted molar refractivity (Wildman–Crippen MR) is 86.0 cm³/mol. The maximum Gasteiger partial charge on any atom is 0.0879 e. The third-order valence-corrected chi connectivity index (χ3v) is 3.53. The van der Waals surface area contributed by atoms with Gasteiger partial charge in [-0.2, -0.15) is 0 Å². The molecule has 21 heavy (non-hydrogen) atoms. The number of rotatable bonds is 2. The van der Waals surface area contributed by atoms with Crippen LogP contribution in [0.25, 0.3) is 21.5 Å². The van der Waals surface area contributed by atoms with Crippen LogP contribution in [0.15, 0.2) is 54.6 Å². The fourth-order valence-corrected chi connectivity index (χ4v) is 2.47. The van der Waals surface area contributed by atoms with Gasteiger partial charge in [0, 0.05) is 12.0 Å². The molecular formula is C19H16O2. The van der Waals surface area contributed by atoms with Gasteiger partial charge in [0.1, 0.15) is 0 Å². The molecule has 0 saturated heterocycles. The van der Waals surface area contributed by atoms with E-state index in [1.54, 1.807) is 0 Å². The van der Waals surface area contributed by atoms with Crippen molar-refractivity contribution in [3.05, 3.63) is 60.2 Å². The van der Waals surface area contributed by atoms with Gasteiger partial charge in [-0.05, 0) is 27.6 Å². The summed E-state index contributed by atoms with van der Waals surface area (Å²) in [6, 6.07) is 18.5. The zero-order chi connectivity index (χ0) is 14.7. The summed E-state index contributed by atoms with van der Waals surface area (Å²) in [7, 11) is 0. The zero-order valence-corrected chi connectivity index (χ0v) is 11.6. The van der Waals surface area contributed by atoms with Gasteiger partial charge in [0.25, 0.3) is 0 Å². The van der Waals surface area contributed by atoms with Gasteiger partial charge in [0.15, 0.2) is 0 Å². The van der Waals surface area contributed by atoms with Gasteiger partial charge >= 0.3 is 0 Å². The molecule has 0 spiro atoms. The summed E-state index contributed by atoms with van der Waals surface area (Å²) in [5.41, 5.74) is 0.980. The summed E-state index contributed by atoms with van der Waals surface area (Å²) < 4.78 is 0. The number of benzene rings is 3. The van der Waals surface area contributed by atoms with Crippen molar-refractivity contribution >= 4 is 21.5 Å². The molecule has 0 amide bonds. The lowest BCUT2D eigenvalue weighted by molar-refractivity contribution is 0.0992. The molecule has 2 nitrogen and oxygen atoms in total. The van der Waals surface area contributed by atoms with Crippen molar-refractivity contribution in [3.63, 3.8) is 0 Å². The van der Waals surface area contributed by atoms with E-state index in [2.05, 4.69) is 42.2 Å². The Kier molecular flexibility index (Phi) is 3.87. The van der Waals surface area contributed by atoms with Crippen LogP contribution in [0.2, 0.25) is 0 Å². The molecule has 3 aromatic rings. The lowest BCUT2D eigenvalue weighted by atomic mass is 9.97. The molecule has 0 heterocycles. The quantitative estimate of drug-likeness (QED) is 0.558. The van der Waals surface area contributed by atoms with Crippen LogP contribution < -0.4 is 0 Å². The molecule has 3 aromatic carbocycles. The van der Waals surface area contributed by atoms with Gasteiger partial charge in [-0.3, -0.25) is 0 Å². The van der Waals surface area contributed by atoms with E-state index in [4.69, 9.17) is 5.11 Å². The Morgan fingerprint density at radius 3 is 2.05 bits per heavy atom. The highest BCUT2D eigenvalue weighted by Crippen LogP contribution is 2.27. The Labute approximate surface area is 123 Å². The average molecular weight is 276 g/mol. The van der Waals surface area contributed by atoms with E-state index in [0.29, 0.717) is 0 Å². The Bertz CT molecular complexity index is 786. The van der Waals surface area contributed by atoms with E-state index >= 15 is 0 Å². The largest absolute Gasteiger partial charge is 0.394 e. The van der Waals surface area contributed by atoms with Gasteiger partial charge in [-0.1, -0.05) is 60.4 Å². The standard InChI is InChI=1S/C19H16O2/c20-13-16(21)8-5-11-19-17-9-3-1-6-14(17)12-15-7-2-4-10-18(15)19/h1-4,6-7,9-10,12,16,20-21H,8,13H2/t16-/m0/s1. The van der Waals surface area contributed by atoms with Crippen LogP contribution in [-0.4, -0.2) is 22.9 Å². The Morgan fingerprint density at radius 1 is 0.905 bits per heavy atom. The van der Waals surface area contributed by atoms with E-state index in [-0.39, 0.29) is 13.0 Å². The number of hydrogen-bond donors (Lipinski definition) is 2. The molecule has 0 saturated carbocycles. The second kappa shape index (κ2) is 5.97. The summed E-state index contributed by atoms with van der Waals surface area (Å²) in [4.78, 5) is 0. The SMILES string of the molecule is OC[C@@H](O)CC#Cc1c2ccccc2cc2ccccc12. The Morgan fingerprint density at radius 2 is 1.48 bits per heavy atom. The third kappa shape index (κ3) is 2.75. The molecule has 104 valence electrons. The van der Waals surface area contributed by atoms with Gasteiger partial charge in [0.2, 0.25) is 0 Å². The van der Waals surface area contributed by atoms with E-state index in [0.717, 1.165) is 27.1 Å². The molecule has 1 atom stereocenters. The fraction of sp³-hybridized carbons (Fsp3) is 0.158. The summed E-state index contributed by atoms with van der Waals surface area (Å²) in [6.07, 6.45) is -0.507. The molecule has 0 bridgehead atoms. The average Bonchev–Trinajstić information content (AvgIpc) is 2.54. The molecule has 0 unspecified atom stereocenters. The van der Waals surface area contributed by atoms with Gasteiger partial charge < -0.3 is 10.2 Å². The molecule has 0 aliphatic carbocycles. The van der Waals surface area contributed by atoms with Gasteiger partial charge in [-0.15, -0.1) is 0 Å². The normalized spacial score (nSPS) is 12.1. The first-order valence-corrected chi connectivity index (χ1v) is 6.98. The zero-order valence-electron chi connectivity index (χ0n) is 11.6. The number of fused-ring (bicyclic) bond motifs is 2. The Hall–Kier alpha value is -2.34. The minimum Gasteiger partial charge on any atom is -0.394 e. The highest BCUT2D eigenvalue weighted by molar-refractivity contribution is 6.04. The topological polar surface area (TPSA) is 40.5 Å². The van der Waals surface area contributed by atoms with Crippen LogP contribution in [0.1, 0.15) is 12.0 Å². The molecule has 0 radical (unpaired) electrons. The maximum absolute atomic E-state index is 9.41. The number of aliphatic hydroxyl groups excluding tert-OH is 2. The number of hydrogen-bond acceptors (Lipinski definition) is 2. The van der Waals surface area contributed by atoms with Crippen LogP contribution in [0.4, 0.5) is 0 Å². The molecule has 2 heteroatoms. The molecular weight excluding hydrogens is 260 g/mol. The summed E-state index contributed by atoms with van der Waals surface area (Å²) in [5, 5.41) is 22.8. The van der Waals surface area contributed by atoms with Crippen LogP contribution in [0, 0.1) is 11.8 Å². The lowest BCUT2D eigenvalue weighted by Gasteiger charge is -2.06. The first-order valence-electron chi connectivity index (χ1n) is 6.98. The third-order valence-electron chi connectivity index (χ3n) is 3.53. The van der Waals surface area contributed by atoms with Gasteiger partial charge in [-0.25, -0.2) is 0 Å². The van der Waals surface area contributed by atoms with E-state index in [1.165, 1.54) is 0 Å². The maximum atomic E-state index is 9.41. The molecule has 3 rings (SSSR count). The van der Waals surface area contributed by atoms with Crippen molar-refractivity contribution in [2.45, 2.75) is 12.5 Å².